The maximum absolute atomic E-state index is 11.4. The maximum Gasteiger partial charge on any atom is 0.265 e. The Kier molecular flexibility index (Phi) is 3.05. The van der Waals surface area contributed by atoms with E-state index in [9.17, 15) is 9.59 Å². The largest absolute Gasteiger partial charge is 0.327 e. The van der Waals surface area contributed by atoms with Crippen LogP contribution in [-0.4, -0.2) is 16.1 Å². The molecule has 0 saturated heterocycles. The van der Waals surface area contributed by atoms with Crippen molar-refractivity contribution in [1.29, 1.82) is 5.26 Å². The number of alkyl halides is 1. The highest BCUT2D eigenvalue weighted by molar-refractivity contribution is 6.33. The number of Topliss-reactive ketones (excluding diaryl/α,β-unsaturated/α-hetero) is 1. The number of hydrogen-bond donors (Lipinski definition) is 1. The fourth-order valence-electron chi connectivity index (χ4n) is 0.939. The third-order valence-corrected chi connectivity index (χ3v) is 1.87. The number of rotatable bonds is 2. The predicted molar refractivity (Wildman–Crippen MR) is 51.4 cm³/mol. The molecule has 0 amide bonds. The number of H-pyrrole nitrogens is 1. The fourth-order valence-corrected chi connectivity index (χ4v) is 1.06. The number of pyridine rings is 1. The Balaban J connectivity index is 3.21. The van der Waals surface area contributed by atoms with Gasteiger partial charge in [-0.25, -0.2) is 0 Å². The van der Waals surface area contributed by atoms with Crippen LogP contribution in [0.1, 0.15) is 22.8 Å². The van der Waals surface area contributed by atoms with Gasteiger partial charge in [0.05, 0.1) is 5.38 Å². The van der Waals surface area contributed by atoms with Gasteiger partial charge in [-0.3, -0.25) is 9.59 Å². The molecule has 1 unspecified atom stereocenters. The molecule has 0 aliphatic carbocycles. The van der Waals surface area contributed by atoms with Gasteiger partial charge in [-0.1, -0.05) is 0 Å². The van der Waals surface area contributed by atoms with Crippen LogP contribution in [-0.2, 0) is 0 Å². The molecule has 0 aromatic carbocycles. The number of nitrogens with zero attached hydrogens (tertiary/aromatic N) is 1. The monoisotopic (exact) mass is 210 g/mol. The summed E-state index contributed by atoms with van der Waals surface area (Å²) in [5.74, 6) is -0.320. The highest BCUT2D eigenvalue weighted by Crippen LogP contribution is 2.06. The van der Waals surface area contributed by atoms with Crippen molar-refractivity contribution >= 4 is 17.4 Å². The van der Waals surface area contributed by atoms with E-state index < -0.39 is 10.9 Å². The minimum atomic E-state index is -0.674. The molecule has 1 aromatic heterocycles. The summed E-state index contributed by atoms with van der Waals surface area (Å²) in [6, 6.07) is 2.93. The quantitative estimate of drug-likeness (QED) is 0.586. The van der Waals surface area contributed by atoms with Crippen LogP contribution < -0.4 is 5.56 Å². The van der Waals surface area contributed by atoms with Crippen LogP contribution in [0.5, 0.6) is 0 Å². The number of nitrogens with one attached hydrogen (secondary N) is 1. The molecule has 0 spiro atoms. The van der Waals surface area contributed by atoms with Crippen molar-refractivity contribution in [2.75, 3.05) is 0 Å². The highest BCUT2D eigenvalue weighted by atomic mass is 35.5. The van der Waals surface area contributed by atoms with Crippen molar-refractivity contribution in [3.8, 4) is 6.07 Å². The van der Waals surface area contributed by atoms with Gasteiger partial charge in [0, 0.05) is 11.8 Å². The Labute approximate surface area is 85.1 Å². The molecule has 0 saturated carbocycles. The van der Waals surface area contributed by atoms with Gasteiger partial charge in [0.15, 0.2) is 5.78 Å². The van der Waals surface area contributed by atoms with E-state index in [1.807, 2.05) is 0 Å². The number of ketones is 1. The highest BCUT2D eigenvalue weighted by Gasteiger charge is 2.13. The van der Waals surface area contributed by atoms with Gasteiger partial charge < -0.3 is 4.98 Å². The van der Waals surface area contributed by atoms with E-state index in [-0.39, 0.29) is 16.9 Å². The molecule has 0 aliphatic heterocycles. The van der Waals surface area contributed by atoms with Crippen molar-refractivity contribution in [3.63, 3.8) is 0 Å². The molecule has 0 fully saturated rings. The number of aromatic nitrogens is 1. The smallest absolute Gasteiger partial charge is 0.265 e. The van der Waals surface area contributed by atoms with Crippen LogP contribution >= 0.6 is 11.6 Å². The third kappa shape index (κ3) is 2.01. The molecule has 5 heteroatoms. The van der Waals surface area contributed by atoms with Crippen LogP contribution in [0.2, 0.25) is 0 Å². The Morgan fingerprint density at radius 2 is 2.36 bits per heavy atom. The standard InChI is InChI=1S/C9H7ClN2O2/c1-5(10)8(13)7-2-6(3-11)9(14)12-4-7/h2,4-5H,1H3,(H,12,14). The van der Waals surface area contributed by atoms with E-state index in [2.05, 4.69) is 4.98 Å². The zero-order chi connectivity index (χ0) is 10.7. The Morgan fingerprint density at radius 1 is 1.71 bits per heavy atom. The molecule has 1 N–H and O–H groups in total. The lowest BCUT2D eigenvalue weighted by atomic mass is 10.1. The van der Waals surface area contributed by atoms with Gasteiger partial charge in [0.25, 0.3) is 5.56 Å². The van der Waals surface area contributed by atoms with Gasteiger partial charge in [0.2, 0.25) is 0 Å². The minimum absolute atomic E-state index is 0.0897. The number of hydrogen-bond acceptors (Lipinski definition) is 3. The molecule has 14 heavy (non-hydrogen) atoms. The van der Waals surface area contributed by atoms with E-state index >= 15 is 0 Å². The SMILES string of the molecule is CC(Cl)C(=O)c1c[nH]c(=O)c(C#N)c1. The van der Waals surface area contributed by atoms with E-state index in [0.717, 1.165) is 0 Å². The van der Waals surface area contributed by atoms with Crippen LogP contribution in [0.25, 0.3) is 0 Å². The van der Waals surface area contributed by atoms with E-state index in [1.165, 1.54) is 19.2 Å². The van der Waals surface area contributed by atoms with Crippen molar-refractivity contribution < 1.29 is 4.79 Å². The minimum Gasteiger partial charge on any atom is -0.327 e. The first kappa shape index (κ1) is 10.5. The number of carbonyl (C=O) groups excluding carboxylic acids is 1. The molecule has 1 atom stereocenters. The number of carbonyl (C=O) groups is 1. The van der Waals surface area contributed by atoms with E-state index in [4.69, 9.17) is 16.9 Å². The first-order valence-corrected chi connectivity index (χ1v) is 4.31. The molecular weight excluding hydrogens is 204 g/mol. The fraction of sp³-hybridized carbons (Fsp3) is 0.222. The molecule has 0 aliphatic rings. The number of halogens is 1. The van der Waals surface area contributed by atoms with Gasteiger partial charge in [-0.15, -0.1) is 11.6 Å². The molecule has 1 heterocycles. The molecule has 4 nitrogen and oxygen atoms in total. The Morgan fingerprint density at radius 3 is 2.86 bits per heavy atom. The number of nitriles is 1. The molecular formula is C9H7ClN2O2. The lowest BCUT2D eigenvalue weighted by molar-refractivity contribution is 0.0991. The van der Waals surface area contributed by atoms with Crippen LogP contribution in [0.15, 0.2) is 17.1 Å². The lowest BCUT2D eigenvalue weighted by Crippen LogP contribution is -2.16. The van der Waals surface area contributed by atoms with E-state index in [0.29, 0.717) is 0 Å². The second kappa shape index (κ2) is 4.07. The van der Waals surface area contributed by atoms with Crippen molar-refractivity contribution in [2.24, 2.45) is 0 Å². The summed E-state index contributed by atoms with van der Waals surface area (Å²) in [4.78, 5) is 24.6. The summed E-state index contributed by atoms with van der Waals surface area (Å²) < 4.78 is 0. The summed E-state index contributed by atoms with van der Waals surface area (Å²) in [6.45, 7) is 1.53. The average Bonchev–Trinajstić information content (AvgIpc) is 2.17. The van der Waals surface area contributed by atoms with E-state index in [1.54, 1.807) is 6.07 Å². The van der Waals surface area contributed by atoms with Gasteiger partial charge >= 0.3 is 0 Å². The number of aromatic amines is 1. The second-order valence-electron chi connectivity index (χ2n) is 2.72. The summed E-state index contributed by atoms with van der Waals surface area (Å²) >= 11 is 5.57. The molecule has 0 radical (unpaired) electrons. The van der Waals surface area contributed by atoms with Crippen molar-refractivity contribution in [1.82, 2.24) is 4.98 Å². The Hall–Kier alpha value is -1.60. The third-order valence-electron chi connectivity index (χ3n) is 1.67. The summed E-state index contributed by atoms with van der Waals surface area (Å²) in [5.41, 5.74) is -0.358. The average molecular weight is 211 g/mol. The topological polar surface area (TPSA) is 73.7 Å². The first-order chi connectivity index (χ1) is 6.56. The van der Waals surface area contributed by atoms with Crippen molar-refractivity contribution in [2.45, 2.75) is 12.3 Å². The molecule has 1 rings (SSSR count). The zero-order valence-electron chi connectivity index (χ0n) is 7.37. The van der Waals surface area contributed by atoms with Gasteiger partial charge in [-0.2, -0.15) is 5.26 Å². The molecule has 0 bridgehead atoms. The van der Waals surface area contributed by atoms with Crippen LogP contribution in [0, 0.1) is 11.3 Å². The lowest BCUT2D eigenvalue weighted by Gasteiger charge is -2.01. The van der Waals surface area contributed by atoms with Gasteiger partial charge in [-0.05, 0) is 13.0 Å². The Bertz CT molecular complexity index is 457. The van der Waals surface area contributed by atoms with Gasteiger partial charge in [0.1, 0.15) is 11.6 Å². The van der Waals surface area contributed by atoms with Crippen LogP contribution in [0.3, 0.4) is 0 Å². The summed E-state index contributed by atoms with van der Waals surface area (Å²) in [5, 5.41) is 7.88. The zero-order valence-corrected chi connectivity index (χ0v) is 8.13. The first-order valence-electron chi connectivity index (χ1n) is 3.87. The maximum atomic E-state index is 11.4. The van der Waals surface area contributed by atoms with Crippen LogP contribution in [0.4, 0.5) is 0 Å². The predicted octanol–water partition coefficient (Wildman–Crippen LogP) is 1.06. The second-order valence-corrected chi connectivity index (χ2v) is 3.38. The van der Waals surface area contributed by atoms with Crippen molar-refractivity contribution in [3.05, 3.63) is 33.7 Å². The summed E-state index contributed by atoms with van der Waals surface area (Å²) in [6.07, 6.45) is 1.25. The molecule has 72 valence electrons. The molecule has 1 aromatic rings. The summed E-state index contributed by atoms with van der Waals surface area (Å²) in [7, 11) is 0. The normalized spacial score (nSPS) is 11.8.